The zero-order valence-electron chi connectivity index (χ0n) is 18.2. The molecule has 1 fully saturated rings. The first-order valence-electron chi connectivity index (χ1n) is 10.9. The fourth-order valence-corrected chi connectivity index (χ4v) is 3.44. The number of benzene rings is 2. The predicted octanol–water partition coefficient (Wildman–Crippen LogP) is 3.78. The second kappa shape index (κ2) is 11.4. The van der Waals surface area contributed by atoms with Gasteiger partial charge in [-0.1, -0.05) is 6.07 Å². The molecule has 7 heteroatoms. The number of anilines is 2. The molecule has 0 spiro atoms. The SMILES string of the molecule is CCN(CC)C(=O)c1cccc(NCC(=O)Nc2ccc(OCC3CCCO3)cc2)c1. The fraction of sp³-hybridized carbons (Fsp3) is 0.417. The number of hydrogen-bond donors (Lipinski definition) is 2. The summed E-state index contributed by atoms with van der Waals surface area (Å²) in [7, 11) is 0. The van der Waals surface area contributed by atoms with Gasteiger partial charge in [0.15, 0.2) is 0 Å². The Bertz CT molecular complexity index is 859. The molecule has 1 atom stereocenters. The molecular weight excluding hydrogens is 394 g/mol. The molecule has 1 saturated heterocycles. The van der Waals surface area contributed by atoms with E-state index >= 15 is 0 Å². The summed E-state index contributed by atoms with van der Waals surface area (Å²) < 4.78 is 11.3. The Morgan fingerprint density at radius 2 is 1.87 bits per heavy atom. The minimum absolute atomic E-state index is 0.0140. The van der Waals surface area contributed by atoms with Crippen LogP contribution in [0.2, 0.25) is 0 Å². The molecule has 1 aliphatic heterocycles. The largest absolute Gasteiger partial charge is 0.491 e. The number of carbonyl (C=O) groups excluding carboxylic acids is 2. The van der Waals surface area contributed by atoms with Gasteiger partial charge in [0, 0.05) is 36.6 Å². The van der Waals surface area contributed by atoms with Crippen molar-refractivity contribution < 1.29 is 19.1 Å². The minimum Gasteiger partial charge on any atom is -0.491 e. The molecule has 166 valence electrons. The highest BCUT2D eigenvalue weighted by Crippen LogP contribution is 2.19. The average Bonchev–Trinajstić information content (AvgIpc) is 3.32. The standard InChI is InChI=1S/C24H31N3O4/c1-3-27(4-2)24(29)18-7-5-8-20(15-18)25-16-23(28)26-19-10-12-21(13-11-19)31-17-22-9-6-14-30-22/h5,7-8,10-13,15,22,25H,3-4,6,9,14,16-17H2,1-2H3,(H,26,28). The van der Waals surface area contributed by atoms with Gasteiger partial charge in [0.05, 0.1) is 12.6 Å². The van der Waals surface area contributed by atoms with E-state index in [1.54, 1.807) is 17.0 Å². The maximum atomic E-state index is 12.5. The lowest BCUT2D eigenvalue weighted by molar-refractivity contribution is -0.114. The van der Waals surface area contributed by atoms with Crippen LogP contribution < -0.4 is 15.4 Å². The lowest BCUT2D eigenvalue weighted by atomic mass is 10.1. The summed E-state index contributed by atoms with van der Waals surface area (Å²) in [5.74, 6) is 0.565. The van der Waals surface area contributed by atoms with Gasteiger partial charge in [-0.2, -0.15) is 0 Å². The number of amides is 2. The molecule has 0 saturated carbocycles. The van der Waals surface area contributed by atoms with Crippen LogP contribution in [0.15, 0.2) is 48.5 Å². The minimum atomic E-state index is -0.173. The molecule has 2 aromatic rings. The Labute approximate surface area is 183 Å². The highest BCUT2D eigenvalue weighted by Gasteiger charge is 2.16. The Kier molecular flexibility index (Phi) is 8.29. The van der Waals surface area contributed by atoms with Crippen LogP contribution in [-0.4, -0.2) is 55.7 Å². The zero-order chi connectivity index (χ0) is 22.1. The molecule has 1 unspecified atom stereocenters. The van der Waals surface area contributed by atoms with Crippen molar-refractivity contribution in [1.82, 2.24) is 4.90 Å². The van der Waals surface area contributed by atoms with Gasteiger partial charge in [-0.25, -0.2) is 0 Å². The molecular formula is C24H31N3O4. The van der Waals surface area contributed by atoms with Crippen molar-refractivity contribution in [2.24, 2.45) is 0 Å². The second-order valence-electron chi connectivity index (χ2n) is 7.43. The molecule has 2 amide bonds. The van der Waals surface area contributed by atoms with E-state index in [1.807, 2.05) is 50.2 Å². The third kappa shape index (κ3) is 6.72. The number of nitrogens with zero attached hydrogens (tertiary/aromatic N) is 1. The van der Waals surface area contributed by atoms with E-state index in [4.69, 9.17) is 9.47 Å². The van der Waals surface area contributed by atoms with Crippen LogP contribution in [0.25, 0.3) is 0 Å². The molecule has 0 radical (unpaired) electrons. The lowest BCUT2D eigenvalue weighted by Crippen LogP contribution is -2.30. The van der Waals surface area contributed by atoms with Crippen molar-refractivity contribution in [3.8, 4) is 5.75 Å². The first kappa shape index (κ1) is 22.6. The molecule has 31 heavy (non-hydrogen) atoms. The van der Waals surface area contributed by atoms with Crippen LogP contribution in [0.5, 0.6) is 5.75 Å². The van der Waals surface area contributed by atoms with Crippen molar-refractivity contribution in [2.45, 2.75) is 32.8 Å². The number of rotatable bonds is 10. The van der Waals surface area contributed by atoms with Crippen molar-refractivity contribution in [2.75, 3.05) is 43.5 Å². The summed E-state index contributed by atoms with van der Waals surface area (Å²) in [6.45, 7) is 6.68. The summed E-state index contributed by atoms with van der Waals surface area (Å²) in [6, 6.07) is 14.5. The van der Waals surface area contributed by atoms with Crippen molar-refractivity contribution in [3.63, 3.8) is 0 Å². The fourth-order valence-electron chi connectivity index (χ4n) is 3.44. The molecule has 0 bridgehead atoms. The van der Waals surface area contributed by atoms with Crippen LogP contribution in [0.1, 0.15) is 37.0 Å². The van der Waals surface area contributed by atoms with Crippen LogP contribution >= 0.6 is 0 Å². The van der Waals surface area contributed by atoms with Crippen LogP contribution in [-0.2, 0) is 9.53 Å². The smallest absolute Gasteiger partial charge is 0.253 e. The first-order valence-corrected chi connectivity index (χ1v) is 10.9. The third-order valence-corrected chi connectivity index (χ3v) is 5.21. The van der Waals surface area contributed by atoms with Crippen LogP contribution in [0.4, 0.5) is 11.4 Å². The van der Waals surface area contributed by atoms with Crippen molar-refractivity contribution >= 4 is 23.2 Å². The van der Waals surface area contributed by atoms with Crippen molar-refractivity contribution in [1.29, 1.82) is 0 Å². The summed E-state index contributed by atoms with van der Waals surface area (Å²) >= 11 is 0. The Morgan fingerprint density at radius 1 is 1.10 bits per heavy atom. The van der Waals surface area contributed by atoms with Crippen LogP contribution in [0, 0.1) is 0 Å². The monoisotopic (exact) mass is 425 g/mol. The van der Waals surface area contributed by atoms with E-state index in [0.717, 1.165) is 30.9 Å². The number of carbonyl (C=O) groups is 2. The summed E-state index contributed by atoms with van der Waals surface area (Å²) in [5, 5.41) is 5.93. The van der Waals surface area contributed by atoms with E-state index in [2.05, 4.69) is 10.6 Å². The van der Waals surface area contributed by atoms with E-state index in [-0.39, 0.29) is 24.5 Å². The molecule has 2 aromatic carbocycles. The maximum Gasteiger partial charge on any atom is 0.253 e. The Balaban J connectivity index is 1.46. The quantitative estimate of drug-likeness (QED) is 0.606. The summed E-state index contributed by atoms with van der Waals surface area (Å²) in [5.41, 5.74) is 2.03. The van der Waals surface area contributed by atoms with Crippen molar-refractivity contribution in [3.05, 3.63) is 54.1 Å². The van der Waals surface area contributed by atoms with Gasteiger partial charge in [0.1, 0.15) is 12.4 Å². The molecule has 2 N–H and O–H groups in total. The number of nitrogens with one attached hydrogen (secondary N) is 2. The topological polar surface area (TPSA) is 79.9 Å². The summed E-state index contributed by atoms with van der Waals surface area (Å²) in [4.78, 5) is 26.5. The third-order valence-electron chi connectivity index (χ3n) is 5.21. The number of hydrogen-bond acceptors (Lipinski definition) is 5. The molecule has 1 heterocycles. The maximum absolute atomic E-state index is 12.5. The highest BCUT2D eigenvalue weighted by atomic mass is 16.5. The van der Waals surface area contributed by atoms with E-state index in [0.29, 0.717) is 30.9 Å². The normalized spacial score (nSPS) is 15.4. The zero-order valence-corrected chi connectivity index (χ0v) is 18.2. The van der Waals surface area contributed by atoms with Gasteiger partial charge in [-0.15, -0.1) is 0 Å². The van der Waals surface area contributed by atoms with E-state index < -0.39 is 0 Å². The Hall–Kier alpha value is -3.06. The van der Waals surface area contributed by atoms with Gasteiger partial charge in [0.2, 0.25) is 5.91 Å². The lowest BCUT2D eigenvalue weighted by Gasteiger charge is -2.19. The van der Waals surface area contributed by atoms with Gasteiger partial charge in [0.25, 0.3) is 5.91 Å². The van der Waals surface area contributed by atoms with E-state index in [1.165, 1.54) is 0 Å². The summed E-state index contributed by atoms with van der Waals surface area (Å²) in [6.07, 6.45) is 2.29. The second-order valence-corrected chi connectivity index (χ2v) is 7.43. The van der Waals surface area contributed by atoms with E-state index in [9.17, 15) is 9.59 Å². The van der Waals surface area contributed by atoms with Gasteiger partial charge in [-0.05, 0) is 69.2 Å². The van der Waals surface area contributed by atoms with Gasteiger partial charge in [-0.3, -0.25) is 9.59 Å². The molecule has 1 aliphatic rings. The first-order chi connectivity index (χ1) is 15.1. The molecule has 0 aromatic heterocycles. The van der Waals surface area contributed by atoms with Crippen LogP contribution in [0.3, 0.4) is 0 Å². The Morgan fingerprint density at radius 3 is 2.55 bits per heavy atom. The average molecular weight is 426 g/mol. The van der Waals surface area contributed by atoms with Gasteiger partial charge < -0.3 is 25.0 Å². The predicted molar refractivity (Wildman–Crippen MR) is 122 cm³/mol. The highest BCUT2D eigenvalue weighted by molar-refractivity contribution is 5.96. The molecule has 0 aliphatic carbocycles. The van der Waals surface area contributed by atoms with Gasteiger partial charge >= 0.3 is 0 Å². The molecule has 7 nitrogen and oxygen atoms in total. The number of ether oxygens (including phenoxy) is 2. The molecule has 3 rings (SSSR count).